The number of aryl methyl sites for hydroxylation is 1. The maximum Gasteiger partial charge on any atom is 0.222 e. The predicted molar refractivity (Wildman–Crippen MR) is 117 cm³/mol. The fraction of sp³-hybridized carbons (Fsp3) is 0.478. The number of rotatable bonds is 5. The molecule has 5 nitrogen and oxygen atoms in total. The molecule has 1 aromatic carbocycles. The Balaban J connectivity index is 1.27. The Hall–Kier alpha value is -2.11. The first-order valence-electron chi connectivity index (χ1n) is 10.6. The normalized spacial score (nSPS) is 20.7. The molecule has 154 valence electrons. The standard InChI is InChI=1S/C23H29ClN4O/c24-20-5-1-6-21(16-20)26-12-14-27(15-13-26)22-7-3-11-28(18-22)23(29)9-8-19-4-2-10-25-17-19/h1-2,4-6,10,16-17,22H,3,7-9,11-15,18H2/t22-/m0/s1. The van der Waals surface area contributed by atoms with Crippen molar-refractivity contribution in [1.29, 1.82) is 0 Å². The maximum absolute atomic E-state index is 12.7. The highest BCUT2D eigenvalue weighted by molar-refractivity contribution is 6.30. The summed E-state index contributed by atoms with van der Waals surface area (Å²) in [5, 5.41) is 0.789. The topological polar surface area (TPSA) is 39.7 Å². The summed E-state index contributed by atoms with van der Waals surface area (Å²) in [5.74, 6) is 0.274. The molecule has 4 rings (SSSR count). The van der Waals surface area contributed by atoms with Crippen LogP contribution in [-0.2, 0) is 11.2 Å². The third kappa shape index (κ3) is 5.28. The van der Waals surface area contributed by atoms with Gasteiger partial charge in [-0.05, 0) is 49.1 Å². The molecule has 0 unspecified atom stereocenters. The lowest BCUT2D eigenvalue weighted by Gasteiger charge is -2.44. The minimum atomic E-state index is 0.274. The van der Waals surface area contributed by atoms with Crippen LogP contribution in [0.4, 0.5) is 5.69 Å². The van der Waals surface area contributed by atoms with E-state index in [2.05, 4.69) is 25.8 Å². The van der Waals surface area contributed by atoms with Gasteiger partial charge in [0, 0.05) is 74.8 Å². The molecule has 6 heteroatoms. The van der Waals surface area contributed by atoms with Crippen LogP contribution < -0.4 is 4.90 Å². The molecule has 1 amide bonds. The molecule has 2 fully saturated rings. The highest BCUT2D eigenvalue weighted by Crippen LogP contribution is 2.23. The third-order valence-corrected chi connectivity index (χ3v) is 6.34. The van der Waals surface area contributed by atoms with Crippen LogP contribution in [0.5, 0.6) is 0 Å². The molecular formula is C23H29ClN4O. The lowest BCUT2D eigenvalue weighted by molar-refractivity contribution is -0.133. The Morgan fingerprint density at radius 2 is 1.97 bits per heavy atom. The number of hydrogen-bond acceptors (Lipinski definition) is 4. The number of halogens is 1. The van der Waals surface area contributed by atoms with Crippen molar-refractivity contribution in [2.45, 2.75) is 31.7 Å². The summed E-state index contributed by atoms with van der Waals surface area (Å²) in [6.45, 7) is 5.84. The van der Waals surface area contributed by atoms with E-state index < -0.39 is 0 Å². The van der Waals surface area contributed by atoms with Crippen LogP contribution in [-0.4, -0.2) is 66.0 Å². The van der Waals surface area contributed by atoms with Crippen LogP contribution in [0.1, 0.15) is 24.8 Å². The van der Waals surface area contributed by atoms with Gasteiger partial charge in [0.1, 0.15) is 0 Å². The number of nitrogens with zero attached hydrogens (tertiary/aromatic N) is 4. The molecule has 29 heavy (non-hydrogen) atoms. The number of carbonyl (C=O) groups excluding carboxylic acids is 1. The zero-order valence-electron chi connectivity index (χ0n) is 16.8. The van der Waals surface area contributed by atoms with E-state index in [1.54, 1.807) is 6.20 Å². The average molecular weight is 413 g/mol. The van der Waals surface area contributed by atoms with Crippen LogP contribution in [0.15, 0.2) is 48.8 Å². The Kier molecular flexibility index (Phi) is 6.67. The number of piperidine rings is 1. The average Bonchev–Trinajstić information content (AvgIpc) is 2.78. The molecule has 3 heterocycles. The van der Waals surface area contributed by atoms with E-state index in [0.717, 1.165) is 62.7 Å². The van der Waals surface area contributed by atoms with Gasteiger partial charge >= 0.3 is 0 Å². The molecule has 1 aromatic heterocycles. The van der Waals surface area contributed by atoms with E-state index in [4.69, 9.17) is 11.6 Å². The van der Waals surface area contributed by atoms with Crippen LogP contribution in [0.2, 0.25) is 5.02 Å². The van der Waals surface area contributed by atoms with E-state index in [-0.39, 0.29) is 5.91 Å². The van der Waals surface area contributed by atoms with Gasteiger partial charge in [0.2, 0.25) is 5.91 Å². The van der Waals surface area contributed by atoms with Gasteiger partial charge < -0.3 is 9.80 Å². The molecule has 0 aliphatic carbocycles. The minimum Gasteiger partial charge on any atom is -0.369 e. The SMILES string of the molecule is O=C(CCc1cccnc1)N1CCC[C@H](N2CCN(c3cccc(Cl)c3)CC2)C1. The van der Waals surface area contributed by atoms with Crippen molar-refractivity contribution in [1.82, 2.24) is 14.8 Å². The van der Waals surface area contributed by atoms with Crippen molar-refractivity contribution >= 4 is 23.2 Å². The van der Waals surface area contributed by atoms with Crippen molar-refractivity contribution < 1.29 is 4.79 Å². The quantitative estimate of drug-likeness (QED) is 0.753. The summed E-state index contributed by atoms with van der Waals surface area (Å²) in [7, 11) is 0. The molecule has 2 aliphatic heterocycles. The van der Waals surface area contributed by atoms with Crippen molar-refractivity contribution in [2.24, 2.45) is 0 Å². The number of likely N-dealkylation sites (tertiary alicyclic amines) is 1. The molecule has 0 bridgehead atoms. The largest absolute Gasteiger partial charge is 0.369 e. The number of hydrogen-bond donors (Lipinski definition) is 0. The zero-order chi connectivity index (χ0) is 20.1. The summed E-state index contributed by atoms with van der Waals surface area (Å²) in [6, 6.07) is 12.6. The van der Waals surface area contributed by atoms with Gasteiger partial charge in [-0.1, -0.05) is 23.7 Å². The fourth-order valence-electron chi connectivity index (χ4n) is 4.45. The number of piperazine rings is 1. The van der Waals surface area contributed by atoms with Gasteiger partial charge in [0.05, 0.1) is 0 Å². The first kappa shape index (κ1) is 20.2. The minimum absolute atomic E-state index is 0.274. The second kappa shape index (κ2) is 9.59. The monoisotopic (exact) mass is 412 g/mol. The summed E-state index contributed by atoms with van der Waals surface area (Å²) in [5.41, 5.74) is 2.33. The maximum atomic E-state index is 12.7. The molecule has 0 spiro atoms. The van der Waals surface area contributed by atoms with Crippen LogP contribution >= 0.6 is 11.6 Å². The lowest BCUT2D eigenvalue weighted by Crippen LogP contribution is -2.55. The highest BCUT2D eigenvalue weighted by Gasteiger charge is 2.29. The van der Waals surface area contributed by atoms with Gasteiger partial charge in [-0.25, -0.2) is 0 Å². The van der Waals surface area contributed by atoms with Crippen LogP contribution in [0.3, 0.4) is 0 Å². The van der Waals surface area contributed by atoms with Crippen molar-refractivity contribution in [3.05, 3.63) is 59.4 Å². The van der Waals surface area contributed by atoms with E-state index in [0.29, 0.717) is 12.5 Å². The Bertz CT molecular complexity index is 808. The van der Waals surface area contributed by atoms with E-state index >= 15 is 0 Å². The van der Waals surface area contributed by atoms with Crippen molar-refractivity contribution in [2.75, 3.05) is 44.2 Å². The summed E-state index contributed by atoms with van der Waals surface area (Å²) in [4.78, 5) is 23.9. The molecule has 0 radical (unpaired) electrons. The molecule has 0 N–H and O–H groups in total. The smallest absolute Gasteiger partial charge is 0.222 e. The number of amides is 1. The number of benzene rings is 1. The predicted octanol–water partition coefficient (Wildman–Crippen LogP) is 3.48. The zero-order valence-corrected chi connectivity index (χ0v) is 17.6. The number of pyridine rings is 1. The van der Waals surface area contributed by atoms with Gasteiger partial charge in [0.15, 0.2) is 0 Å². The summed E-state index contributed by atoms with van der Waals surface area (Å²) < 4.78 is 0. The van der Waals surface area contributed by atoms with Gasteiger partial charge in [-0.15, -0.1) is 0 Å². The molecule has 2 aliphatic rings. The molecule has 0 saturated carbocycles. The second-order valence-corrected chi connectivity index (χ2v) is 8.44. The van der Waals surface area contributed by atoms with E-state index in [1.165, 1.54) is 12.1 Å². The van der Waals surface area contributed by atoms with Crippen LogP contribution in [0, 0.1) is 0 Å². The number of anilines is 1. The third-order valence-electron chi connectivity index (χ3n) is 6.10. The summed E-state index contributed by atoms with van der Waals surface area (Å²) >= 11 is 6.15. The second-order valence-electron chi connectivity index (χ2n) is 8.00. The fourth-order valence-corrected chi connectivity index (χ4v) is 4.64. The number of aromatic nitrogens is 1. The first-order valence-corrected chi connectivity index (χ1v) is 11.0. The van der Waals surface area contributed by atoms with E-state index in [1.807, 2.05) is 36.5 Å². The molecule has 2 aromatic rings. The van der Waals surface area contributed by atoms with Crippen LogP contribution in [0.25, 0.3) is 0 Å². The highest BCUT2D eigenvalue weighted by atomic mass is 35.5. The molecule has 1 atom stereocenters. The van der Waals surface area contributed by atoms with Gasteiger partial charge in [-0.2, -0.15) is 0 Å². The lowest BCUT2D eigenvalue weighted by atomic mass is 10.0. The van der Waals surface area contributed by atoms with E-state index in [9.17, 15) is 4.79 Å². The first-order chi connectivity index (χ1) is 14.2. The Morgan fingerprint density at radius 1 is 1.10 bits per heavy atom. The van der Waals surface area contributed by atoms with Crippen molar-refractivity contribution in [3.63, 3.8) is 0 Å². The van der Waals surface area contributed by atoms with Gasteiger partial charge in [0.25, 0.3) is 0 Å². The Labute approximate surface area is 178 Å². The number of carbonyl (C=O) groups is 1. The molecule has 2 saturated heterocycles. The summed E-state index contributed by atoms with van der Waals surface area (Å²) in [6.07, 6.45) is 7.24. The Morgan fingerprint density at radius 3 is 2.72 bits per heavy atom. The van der Waals surface area contributed by atoms with Crippen molar-refractivity contribution in [3.8, 4) is 0 Å². The van der Waals surface area contributed by atoms with Gasteiger partial charge in [-0.3, -0.25) is 14.7 Å². The molecular weight excluding hydrogens is 384 g/mol.